The molecule has 0 aliphatic carbocycles. The van der Waals surface area contributed by atoms with Crippen LogP contribution in [0.3, 0.4) is 0 Å². The first-order valence-corrected chi connectivity index (χ1v) is 9.11. The monoisotopic (exact) mass is 343 g/mol. The first-order chi connectivity index (χ1) is 11.1. The molecule has 2 rings (SSSR count). The Morgan fingerprint density at radius 2 is 1.17 bits per heavy atom. The molecule has 0 aromatic rings. The highest BCUT2D eigenvalue weighted by molar-refractivity contribution is 4.94. The van der Waals surface area contributed by atoms with Crippen molar-refractivity contribution >= 4 is 0 Å². The smallest absolute Gasteiger partial charge is 0.0542 e. The first-order valence-electron chi connectivity index (χ1n) is 9.11. The summed E-state index contributed by atoms with van der Waals surface area (Å²) in [7, 11) is 2.16. The Kier molecular flexibility index (Phi) is 6.03. The van der Waals surface area contributed by atoms with E-state index in [4.69, 9.17) is 9.47 Å². The topological polar surface area (TPSA) is 62.2 Å². The molecular formula is C19H37NO4. The van der Waals surface area contributed by atoms with Gasteiger partial charge in [-0.05, 0) is 19.9 Å². The van der Waals surface area contributed by atoms with Gasteiger partial charge in [-0.15, -0.1) is 0 Å². The molecule has 2 fully saturated rings. The summed E-state index contributed by atoms with van der Waals surface area (Å²) in [5.41, 5.74) is -0.525. The molecule has 5 heteroatoms. The van der Waals surface area contributed by atoms with Crippen molar-refractivity contribution in [2.45, 2.75) is 40.5 Å². The molecule has 2 heterocycles. The average molecular weight is 344 g/mol. The van der Waals surface area contributed by atoms with E-state index >= 15 is 0 Å². The fourth-order valence-corrected chi connectivity index (χ4v) is 5.12. The van der Waals surface area contributed by atoms with E-state index in [2.05, 4.69) is 25.8 Å². The molecule has 2 aliphatic heterocycles. The second kappa shape index (κ2) is 7.20. The molecule has 0 amide bonds. The maximum atomic E-state index is 9.90. The van der Waals surface area contributed by atoms with Crippen LogP contribution in [0.4, 0.5) is 0 Å². The van der Waals surface area contributed by atoms with Crippen LogP contribution in [0.1, 0.15) is 40.5 Å². The van der Waals surface area contributed by atoms with Gasteiger partial charge in [0, 0.05) is 34.7 Å². The molecule has 0 spiro atoms. The van der Waals surface area contributed by atoms with Gasteiger partial charge in [0.05, 0.1) is 39.6 Å². The normalized spacial score (nSPS) is 46.1. The summed E-state index contributed by atoms with van der Waals surface area (Å²) < 4.78 is 12.2. The quantitative estimate of drug-likeness (QED) is 0.800. The number of hydrogen-bond donors (Lipinski definition) is 2. The number of fused-ring (bicyclic) bond motifs is 2. The third-order valence-electron chi connectivity index (χ3n) is 5.58. The highest BCUT2D eigenvalue weighted by Crippen LogP contribution is 2.42. The lowest BCUT2D eigenvalue weighted by molar-refractivity contribution is -0.119. The van der Waals surface area contributed by atoms with Crippen LogP contribution in [0.25, 0.3) is 0 Å². The van der Waals surface area contributed by atoms with Gasteiger partial charge < -0.3 is 24.6 Å². The van der Waals surface area contributed by atoms with Crippen molar-refractivity contribution in [1.82, 2.24) is 4.90 Å². The largest absolute Gasteiger partial charge is 0.396 e. The zero-order valence-corrected chi connectivity index (χ0v) is 16.2. The number of likely N-dealkylation sites (tertiary alicyclic amines) is 1. The van der Waals surface area contributed by atoms with Crippen LogP contribution in [-0.4, -0.2) is 74.9 Å². The summed E-state index contributed by atoms with van der Waals surface area (Å²) in [4.78, 5) is 2.37. The van der Waals surface area contributed by atoms with E-state index in [1.807, 2.05) is 13.8 Å². The van der Waals surface area contributed by atoms with Crippen molar-refractivity contribution in [2.24, 2.45) is 21.7 Å². The molecule has 0 aromatic heterocycles. The lowest BCUT2D eigenvalue weighted by Gasteiger charge is -2.49. The number of hydrogen-bond acceptors (Lipinski definition) is 5. The van der Waals surface area contributed by atoms with Crippen LogP contribution in [0.5, 0.6) is 0 Å². The van der Waals surface area contributed by atoms with Crippen molar-refractivity contribution in [3.05, 3.63) is 0 Å². The first kappa shape index (κ1) is 20.1. The second-order valence-electron chi connectivity index (χ2n) is 10.1. The summed E-state index contributed by atoms with van der Waals surface area (Å²) in [6, 6.07) is 0. The molecule has 0 aromatic carbocycles. The molecule has 0 radical (unpaired) electrons. The molecule has 4 atom stereocenters. The predicted octanol–water partition coefficient (Wildman–Crippen LogP) is 1.77. The Hall–Kier alpha value is -0.200. The molecule has 2 saturated heterocycles. The minimum absolute atomic E-state index is 0.0525. The van der Waals surface area contributed by atoms with E-state index in [1.165, 1.54) is 0 Å². The van der Waals surface area contributed by atoms with Gasteiger partial charge in [-0.3, -0.25) is 0 Å². The van der Waals surface area contributed by atoms with E-state index in [-0.39, 0.29) is 34.9 Å². The maximum absolute atomic E-state index is 9.90. The average Bonchev–Trinajstić information content (AvgIpc) is 2.44. The summed E-state index contributed by atoms with van der Waals surface area (Å²) >= 11 is 0. The van der Waals surface area contributed by atoms with Crippen molar-refractivity contribution in [3.63, 3.8) is 0 Å². The Morgan fingerprint density at radius 3 is 1.54 bits per heavy atom. The van der Waals surface area contributed by atoms with Gasteiger partial charge in [0.25, 0.3) is 0 Å². The van der Waals surface area contributed by atoms with Gasteiger partial charge in [-0.1, -0.05) is 27.7 Å². The lowest BCUT2D eigenvalue weighted by atomic mass is 9.69. The van der Waals surface area contributed by atoms with E-state index in [9.17, 15) is 10.2 Å². The zero-order chi connectivity index (χ0) is 18.1. The van der Waals surface area contributed by atoms with Crippen LogP contribution in [0, 0.1) is 21.7 Å². The second-order valence-corrected chi connectivity index (χ2v) is 10.1. The lowest BCUT2D eigenvalue weighted by Crippen LogP contribution is -2.53. The molecule has 4 unspecified atom stereocenters. The fourth-order valence-electron chi connectivity index (χ4n) is 5.12. The van der Waals surface area contributed by atoms with Gasteiger partial charge in [-0.2, -0.15) is 0 Å². The Morgan fingerprint density at radius 1 is 0.750 bits per heavy atom. The molecule has 5 nitrogen and oxygen atoms in total. The van der Waals surface area contributed by atoms with Crippen molar-refractivity contribution in [2.75, 3.05) is 59.8 Å². The Labute approximate surface area is 147 Å². The number of rotatable bonds is 2. The fraction of sp³-hybridized carbons (Fsp3) is 1.00. The third kappa shape index (κ3) is 4.92. The van der Waals surface area contributed by atoms with E-state index in [0.29, 0.717) is 32.8 Å². The van der Waals surface area contributed by atoms with Crippen LogP contribution in [0.2, 0.25) is 0 Å². The number of ether oxygens (including phenoxy) is 2. The van der Waals surface area contributed by atoms with E-state index in [1.54, 1.807) is 0 Å². The van der Waals surface area contributed by atoms with Crippen molar-refractivity contribution in [3.8, 4) is 0 Å². The standard InChI is InChI=1S/C19H37NO4/c1-16-6-17(2,9-20(5)8-16)13-24-15-19(4,11-22)7-18(3,10-21)14-23-12-16/h21-22H,6-15H2,1-5H3. The van der Waals surface area contributed by atoms with Gasteiger partial charge in [0.15, 0.2) is 0 Å². The van der Waals surface area contributed by atoms with Crippen LogP contribution in [-0.2, 0) is 9.47 Å². The maximum Gasteiger partial charge on any atom is 0.0542 e. The third-order valence-corrected chi connectivity index (χ3v) is 5.58. The van der Waals surface area contributed by atoms with Crippen LogP contribution in [0.15, 0.2) is 0 Å². The van der Waals surface area contributed by atoms with Gasteiger partial charge in [-0.25, -0.2) is 0 Å². The number of nitrogens with zero attached hydrogens (tertiary/aromatic N) is 1. The minimum atomic E-state index is -0.361. The molecule has 24 heavy (non-hydrogen) atoms. The van der Waals surface area contributed by atoms with E-state index in [0.717, 1.165) is 19.5 Å². The van der Waals surface area contributed by atoms with Crippen LogP contribution < -0.4 is 0 Å². The molecule has 2 aliphatic rings. The number of aliphatic hydroxyl groups excluding tert-OH is 2. The Balaban J connectivity index is 2.21. The molecule has 2 bridgehead atoms. The molecular weight excluding hydrogens is 306 g/mol. The highest BCUT2D eigenvalue weighted by Gasteiger charge is 2.44. The molecule has 0 saturated carbocycles. The highest BCUT2D eigenvalue weighted by atomic mass is 16.5. The summed E-state index contributed by atoms with van der Waals surface area (Å²) in [5.74, 6) is 0. The predicted molar refractivity (Wildman–Crippen MR) is 95.0 cm³/mol. The molecule has 2 N–H and O–H groups in total. The summed E-state index contributed by atoms with van der Waals surface area (Å²) in [6.07, 6.45) is 1.75. The van der Waals surface area contributed by atoms with Gasteiger partial charge in [0.2, 0.25) is 0 Å². The Bertz CT molecular complexity index is 398. The number of aliphatic hydroxyl groups is 2. The SMILES string of the molecule is CN1CC2(C)COCC(C)(CO)CC(C)(CO)COCC(C)(C1)C2. The number of piperidine rings is 1. The van der Waals surface area contributed by atoms with Crippen molar-refractivity contribution in [1.29, 1.82) is 0 Å². The van der Waals surface area contributed by atoms with Gasteiger partial charge in [0.1, 0.15) is 0 Å². The van der Waals surface area contributed by atoms with E-state index < -0.39 is 0 Å². The summed E-state index contributed by atoms with van der Waals surface area (Å²) in [6.45, 7) is 13.2. The summed E-state index contributed by atoms with van der Waals surface area (Å²) in [5, 5.41) is 19.8. The molecule has 142 valence electrons. The van der Waals surface area contributed by atoms with Gasteiger partial charge >= 0.3 is 0 Å². The minimum Gasteiger partial charge on any atom is -0.396 e. The van der Waals surface area contributed by atoms with Crippen LogP contribution >= 0.6 is 0 Å². The zero-order valence-electron chi connectivity index (χ0n) is 16.2. The van der Waals surface area contributed by atoms with Crippen molar-refractivity contribution < 1.29 is 19.7 Å².